The molecule has 3 heteroatoms. The van der Waals surface area contributed by atoms with Gasteiger partial charge in [0.2, 0.25) is 0 Å². The lowest BCUT2D eigenvalue weighted by atomic mass is 10.1. The largest absolute Gasteiger partial charge is 0.311 e. The van der Waals surface area contributed by atoms with E-state index >= 15 is 0 Å². The van der Waals surface area contributed by atoms with Crippen LogP contribution in [0.5, 0.6) is 0 Å². The highest BCUT2D eigenvalue weighted by atomic mass is 32.1. The van der Waals surface area contributed by atoms with Crippen molar-refractivity contribution >= 4 is 24.2 Å². The molecule has 2 aromatic carbocycles. The van der Waals surface area contributed by atoms with Gasteiger partial charge >= 0.3 is 0 Å². The molecular formula is C16H17NOS. The van der Waals surface area contributed by atoms with Gasteiger partial charge < -0.3 is 4.90 Å². The van der Waals surface area contributed by atoms with Gasteiger partial charge in [0.25, 0.3) is 5.91 Å². The minimum Gasteiger partial charge on any atom is -0.311 e. The number of rotatable bonds is 3. The predicted molar refractivity (Wildman–Crippen MR) is 82.2 cm³/mol. The monoisotopic (exact) mass is 271 g/mol. The van der Waals surface area contributed by atoms with Gasteiger partial charge in [0, 0.05) is 23.2 Å². The number of nitrogens with zero attached hydrogens (tertiary/aromatic N) is 1. The van der Waals surface area contributed by atoms with Crippen LogP contribution in [-0.4, -0.2) is 13.0 Å². The van der Waals surface area contributed by atoms with Crippen LogP contribution in [0.2, 0.25) is 0 Å². The zero-order valence-corrected chi connectivity index (χ0v) is 12.0. The van der Waals surface area contributed by atoms with E-state index in [2.05, 4.69) is 19.6 Å². The Morgan fingerprint density at radius 3 is 2.42 bits per heavy atom. The number of anilines is 1. The van der Waals surface area contributed by atoms with E-state index in [4.69, 9.17) is 0 Å². The summed E-state index contributed by atoms with van der Waals surface area (Å²) < 4.78 is 0. The molecule has 0 aliphatic rings. The molecule has 98 valence electrons. The van der Waals surface area contributed by atoms with E-state index in [1.807, 2.05) is 36.4 Å². The van der Waals surface area contributed by atoms with Crippen LogP contribution in [0.25, 0.3) is 0 Å². The van der Waals surface area contributed by atoms with Crippen molar-refractivity contribution < 1.29 is 4.79 Å². The zero-order chi connectivity index (χ0) is 13.8. The molecule has 2 aromatic rings. The molecule has 0 unspecified atom stereocenters. The standard InChI is InChI=1S/C16H17NOS/c1-3-12-7-9-14(10-8-12)17(2)16(18)13-5-4-6-15(19)11-13/h4-11,19H,3H2,1-2H3. The fourth-order valence-electron chi connectivity index (χ4n) is 1.91. The van der Waals surface area contributed by atoms with E-state index in [0.717, 1.165) is 17.0 Å². The van der Waals surface area contributed by atoms with Crippen LogP contribution in [-0.2, 0) is 6.42 Å². The zero-order valence-electron chi connectivity index (χ0n) is 11.1. The summed E-state index contributed by atoms with van der Waals surface area (Å²) in [5.74, 6) is -0.0276. The van der Waals surface area contributed by atoms with Crippen molar-refractivity contribution in [2.75, 3.05) is 11.9 Å². The molecule has 0 spiro atoms. The number of hydrogen-bond donors (Lipinski definition) is 1. The number of carbonyl (C=O) groups excluding carboxylic acids is 1. The number of thiol groups is 1. The number of hydrogen-bond acceptors (Lipinski definition) is 2. The third-order valence-corrected chi connectivity index (χ3v) is 3.41. The minimum atomic E-state index is -0.0276. The van der Waals surface area contributed by atoms with Crippen LogP contribution >= 0.6 is 12.6 Å². The number of carbonyl (C=O) groups is 1. The fourth-order valence-corrected chi connectivity index (χ4v) is 2.13. The molecule has 19 heavy (non-hydrogen) atoms. The third-order valence-electron chi connectivity index (χ3n) is 3.13. The summed E-state index contributed by atoms with van der Waals surface area (Å²) in [5, 5.41) is 0. The van der Waals surface area contributed by atoms with Crippen LogP contribution in [0.3, 0.4) is 0 Å². The number of amides is 1. The average Bonchev–Trinajstić information content (AvgIpc) is 2.46. The maximum absolute atomic E-state index is 12.3. The van der Waals surface area contributed by atoms with E-state index in [0.29, 0.717) is 5.56 Å². The maximum atomic E-state index is 12.3. The van der Waals surface area contributed by atoms with Gasteiger partial charge in [-0.25, -0.2) is 0 Å². The predicted octanol–water partition coefficient (Wildman–Crippen LogP) is 3.81. The van der Waals surface area contributed by atoms with Gasteiger partial charge in [-0.15, -0.1) is 12.6 Å². The number of aryl methyl sites for hydroxylation is 1. The molecular weight excluding hydrogens is 254 g/mol. The molecule has 0 radical (unpaired) electrons. The first-order valence-electron chi connectivity index (χ1n) is 6.28. The van der Waals surface area contributed by atoms with Crippen molar-refractivity contribution in [2.24, 2.45) is 0 Å². The lowest BCUT2D eigenvalue weighted by molar-refractivity contribution is 0.0993. The molecule has 0 heterocycles. The van der Waals surface area contributed by atoms with Gasteiger partial charge in [0.05, 0.1) is 0 Å². The van der Waals surface area contributed by atoms with Crippen LogP contribution in [0.1, 0.15) is 22.8 Å². The Bertz CT molecular complexity index is 578. The summed E-state index contributed by atoms with van der Waals surface area (Å²) in [7, 11) is 1.79. The molecule has 0 saturated carbocycles. The minimum absolute atomic E-state index is 0.0276. The topological polar surface area (TPSA) is 20.3 Å². The van der Waals surface area contributed by atoms with Crippen LogP contribution < -0.4 is 4.90 Å². The van der Waals surface area contributed by atoms with Crippen LogP contribution in [0.15, 0.2) is 53.4 Å². The van der Waals surface area contributed by atoms with Gasteiger partial charge in [0.15, 0.2) is 0 Å². The van der Waals surface area contributed by atoms with Crippen molar-refractivity contribution in [3.05, 3.63) is 59.7 Å². The van der Waals surface area contributed by atoms with E-state index in [1.165, 1.54) is 5.56 Å². The summed E-state index contributed by atoms with van der Waals surface area (Å²) >= 11 is 4.26. The Balaban J connectivity index is 2.23. The summed E-state index contributed by atoms with van der Waals surface area (Å²) in [5.41, 5.74) is 2.81. The Morgan fingerprint density at radius 1 is 1.16 bits per heavy atom. The van der Waals surface area contributed by atoms with Gasteiger partial charge in [-0.1, -0.05) is 25.1 Å². The summed E-state index contributed by atoms with van der Waals surface area (Å²) in [6, 6.07) is 15.3. The van der Waals surface area contributed by atoms with Gasteiger partial charge in [-0.05, 0) is 42.3 Å². The fraction of sp³-hybridized carbons (Fsp3) is 0.188. The Hall–Kier alpha value is -1.74. The smallest absolute Gasteiger partial charge is 0.258 e. The first kappa shape index (κ1) is 13.7. The van der Waals surface area contributed by atoms with Crippen LogP contribution in [0.4, 0.5) is 5.69 Å². The van der Waals surface area contributed by atoms with Gasteiger partial charge in [-0.3, -0.25) is 4.79 Å². The first-order valence-corrected chi connectivity index (χ1v) is 6.72. The summed E-state index contributed by atoms with van der Waals surface area (Å²) in [4.78, 5) is 14.8. The molecule has 0 aliphatic heterocycles. The van der Waals surface area contributed by atoms with E-state index in [1.54, 1.807) is 24.1 Å². The lowest BCUT2D eigenvalue weighted by Crippen LogP contribution is -2.26. The number of benzene rings is 2. The second-order valence-corrected chi connectivity index (χ2v) is 4.95. The molecule has 0 fully saturated rings. The first-order chi connectivity index (χ1) is 9.11. The Kier molecular flexibility index (Phi) is 4.27. The van der Waals surface area contributed by atoms with E-state index in [-0.39, 0.29) is 5.91 Å². The average molecular weight is 271 g/mol. The van der Waals surface area contributed by atoms with Crippen molar-refractivity contribution in [3.8, 4) is 0 Å². The van der Waals surface area contributed by atoms with Gasteiger partial charge in [0.1, 0.15) is 0 Å². The molecule has 0 N–H and O–H groups in total. The highest BCUT2D eigenvalue weighted by Crippen LogP contribution is 2.18. The second-order valence-electron chi connectivity index (χ2n) is 4.43. The SMILES string of the molecule is CCc1ccc(N(C)C(=O)c2cccc(S)c2)cc1. The quantitative estimate of drug-likeness (QED) is 0.842. The third kappa shape index (κ3) is 3.18. The molecule has 0 aromatic heterocycles. The normalized spacial score (nSPS) is 10.3. The highest BCUT2D eigenvalue weighted by Gasteiger charge is 2.13. The molecule has 2 nitrogen and oxygen atoms in total. The van der Waals surface area contributed by atoms with Crippen molar-refractivity contribution in [1.82, 2.24) is 0 Å². The van der Waals surface area contributed by atoms with E-state index < -0.39 is 0 Å². The van der Waals surface area contributed by atoms with E-state index in [9.17, 15) is 4.79 Å². The Labute approximate surface area is 119 Å². The van der Waals surface area contributed by atoms with Gasteiger partial charge in [-0.2, -0.15) is 0 Å². The molecule has 0 bridgehead atoms. The van der Waals surface area contributed by atoms with Crippen molar-refractivity contribution in [2.45, 2.75) is 18.2 Å². The highest BCUT2D eigenvalue weighted by molar-refractivity contribution is 7.80. The Morgan fingerprint density at radius 2 is 1.84 bits per heavy atom. The van der Waals surface area contributed by atoms with Crippen LogP contribution in [0, 0.1) is 0 Å². The second kappa shape index (κ2) is 5.93. The summed E-state index contributed by atoms with van der Waals surface area (Å²) in [6.45, 7) is 2.11. The summed E-state index contributed by atoms with van der Waals surface area (Å²) in [6.07, 6.45) is 1.000. The molecule has 0 atom stereocenters. The lowest BCUT2D eigenvalue weighted by Gasteiger charge is -2.18. The van der Waals surface area contributed by atoms with Crippen molar-refractivity contribution in [1.29, 1.82) is 0 Å². The molecule has 2 rings (SSSR count). The molecule has 1 amide bonds. The molecule has 0 aliphatic carbocycles. The molecule has 0 saturated heterocycles. The maximum Gasteiger partial charge on any atom is 0.258 e. The van der Waals surface area contributed by atoms with Crippen molar-refractivity contribution in [3.63, 3.8) is 0 Å².